The Hall–Kier alpha value is -1.36. The van der Waals surface area contributed by atoms with Crippen LogP contribution in [0.5, 0.6) is 0 Å². The predicted molar refractivity (Wildman–Crippen MR) is 74.1 cm³/mol. The minimum absolute atomic E-state index is 0.428. The monoisotopic (exact) mass is 294 g/mol. The third-order valence-electron chi connectivity index (χ3n) is 2.36. The molecule has 0 aliphatic carbocycles. The zero-order valence-electron chi connectivity index (χ0n) is 9.87. The Morgan fingerprint density at radius 2 is 1.88 bits per heavy atom. The minimum atomic E-state index is -0.472. The Bertz CT molecular complexity index is 474. The maximum Gasteiger partial charge on any atom is 0.196 e. The summed E-state index contributed by atoms with van der Waals surface area (Å²) in [6.07, 6.45) is 0.729. The van der Waals surface area contributed by atoms with Crippen molar-refractivity contribution in [3.63, 3.8) is 0 Å². The molecule has 1 heterocycles. The maximum atomic E-state index is 5.73. The first-order chi connectivity index (χ1) is 7.94. The molecule has 0 saturated heterocycles. The first-order valence-corrected chi connectivity index (χ1v) is 6.19. The van der Waals surface area contributed by atoms with Gasteiger partial charge in [-0.1, -0.05) is 28.1 Å². The van der Waals surface area contributed by atoms with Crippen LogP contribution < -0.4 is 11.1 Å². The van der Waals surface area contributed by atoms with E-state index < -0.39 is 5.66 Å². The number of aliphatic imine (C=N–C) groups is 2. The van der Waals surface area contributed by atoms with Crippen LogP contribution in [0.15, 0.2) is 38.7 Å². The Balaban J connectivity index is 2.15. The van der Waals surface area contributed by atoms with Crippen molar-refractivity contribution >= 4 is 27.7 Å². The largest absolute Gasteiger partial charge is 0.370 e. The second-order valence-electron chi connectivity index (χ2n) is 4.48. The third kappa shape index (κ3) is 3.30. The van der Waals surface area contributed by atoms with E-state index in [1.807, 2.05) is 26.0 Å². The first-order valence-electron chi connectivity index (χ1n) is 5.40. The molecule has 0 spiro atoms. The van der Waals surface area contributed by atoms with Gasteiger partial charge < -0.3 is 11.1 Å². The van der Waals surface area contributed by atoms with Gasteiger partial charge >= 0.3 is 0 Å². The summed E-state index contributed by atoms with van der Waals surface area (Å²) >= 11 is 3.41. The fourth-order valence-electron chi connectivity index (χ4n) is 1.73. The molecule has 1 aliphatic heterocycles. The lowest BCUT2D eigenvalue weighted by molar-refractivity contribution is 0.539. The highest BCUT2D eigenvalue weighted by Crippen LogP contribution is 2.16. The molecule has 0 radical (unpaired) electrons. The topological polar surface area (TPSA) is 62.8 Å². The van der Waals surface area contributed by atoms with Gasteiger partial charge in [0.15, 0.2) is 5.96 Å². The number of guanidine groups is 1. The van der Waals surface area contributed by atoms with Crippen LogP contribution in [0.2, 0.25) is 0 Å². The molecule has 1 aromatic rings. The van der Waals surface area contributed by atoms with Gasteiger partial charge in [-0.05, 0) is 31.5 Å². The first kappa shape index (κ1) is 12.1. The normalized spacial score (nSPS) is 18.1. The molecule has 3 N–H and O–H groups in total. The summed E-state index contributed by atoms with van der Waals surface area (Å²) in [5.74, 6) is 1.28. The molecular formula is C12H15BrN4. The highest BCUT2D eigenvalue weighted by Gasteiger charge is 2.21. The van der Waals surface area contributed by atoms with Gasteiger partial charge in [-0.2, -0.15) is 0 Å². The van der Waals surface area contributed by atoms with Gasteiger partial charge in [0.25, 0.3) is 0 Å². The molecule has 1 aliphatic rings. The van der Waals surface area contributed by atoms with E-state index >= 15 is 0 Å². The van der Waals surface area contributed by atoms with Gasteiger partial charge in [0.05, 0.1) is 0 Å². The van der Waals surface area contributed by atoms with Crippen LogP contribution in [-0.2, 0) is 6.42 Å². The Morgan fingerprint density at radius 3 is 2.47 bits per heavy atom. The van der Waals surface area contributed by atoms with E-state index in [0.717, 1.165) is 16.7 Å². The highest BCUT2D eigenvalue weighted by atomic mass is 79.9. The summed E-state index contributed by atoms with van der Waals surface area (Å²) in [7, 11) is 0. The van der Waals surface area contributed by atoms with Gasteiger partial charge in [0.2, 0.25) is 0 Å². The quantitative estimate of drug-likeness (QED) is 0.877. The van der Waals surface area contributed by atoms with Crippen molar-refractivity contribution in [3.8, 4) is 0 Å². The molecule has 90 valence electrons. The molecule has 5 heteroatoms. The molecule has 0 unspecified atom stereocenters. The Kier molecular flexibility index (Phi) is 3.19. The fourth-order valence-corrected chi connectivity index (χ4v) is 2.00. The number of rotatable bonds is 2. The van der Waals surface area contributed by atoms with Crippen molar-refractivity contribution < 1.29 is 0 Å². The van der Waals surface area contributed by atoms with E-state index in [0.29, 0.717) is 5.96 Å². The van der Waals surface area contributed by atoms with E-state index in [-0.39, 0.29) is 0 Å². The molecule has 0 bridgehead atoms. The Labute approximate surface area is 109 Å². The summed E-state index contributed by atoms with van der Waals surface area (Å²) in [5.41, 5.74) is 6.44. The summed E-state index contributed by atoms with van der Waals surface area (Å²) in [6.45, 7) is 3.87. The fraction of sp³-hybridized carbons (Fsp3) is 0.333. The number of nitrogens with zero attached hydrogens (tertiary/aromatic N) is 2. The van der Waals surface area contributed by atoms with Crippen molar-refractivity contribution in [2.45, 2.75) is 25.9 Å². The molecular weight excluding hydrogens is 280 g/mol. The van der Waals surface area contributed by atoms with Crippen LogP contribution in [0, 0.1) is 0 Å². The van der Waals surface area contributed by atoms with Crippen molar-refractivity contribution in [3.05, 3.63) is 34.3 Å². The molecule has 1 aromatic carbocycles. The lowest BCUT2D eigenvalue weighted by Crippen LogP contribution is -2.44. The van der Waals surface area contributed by atoms with Crippen LogP contribution in [0.1, 0.15) is 19.4 Å². The number of nitrogens with two attached hydrogens (primary N) is 1. The van der Waals surface area contributed by atoms with E-state index in [4.69, 9.17) is 5.73 Å². The van der Waals surface area contributed by atoms with Gasteiger partial charge in [0, 0.05) is 10.9 Å². The summed E-state index contributed by atoms with van der Waals surface area (Å²) < 4.78 is 1.07. The predicted octanol–water partition coefficient (Wildman–Crippen LogP) is 2.04. The molecule has 0 atom stereocenters. The number of nitrogens with one attached hydrogen (secondary N) is 1. The van der Waals surface area contributed by atoms with Crippen LogP contribution in [-0.4, -0.2) is 17.5 Å². The zero-order valence-corrected chi connectivity index (χ0v) is 11.5. The van der Waals surface area contributed by atoms with Gasteiger partial charge in [0.1, 0.15) is 11.5 Å². The molecule has 0 fully saturated rings. The molecule has 2 rings (SSSR count). The average Bonchev–Trinajstić information content (AvgIpc) is 2.18. The number of hydrogen-bond donors (Lipinski definition) is 2. The standard InChI is InChI=1S/C12H15BrN4/c1-12(2)16-10(15-11(14)17-12)7-8-3-5-9(13)6-4-8/h3-6H,7H2,1-2H3,(H3,14,15,16,17). The highest BCUT2D eigenvalue weighted by molar-refractivity contribution is 9.10. The molecule has 17 heavy (non-hydrogen) atoms. The lowest BCUT2D eigenvalue weighted by Gasteiger charge is -2.24. The summed E-state index contributed by atoms with van der Waals surface area (Å²) in [6, 6.07) is 8.15. The van der Waals surface area contributed by atoms with Crippen molar-refractivity contribution in [2.24, 2.45) is 15.7 Å². The van der Waals surface area contributed by atoms with E-state index in [9.17, 15) is 0 Å². The number of hydrogen-bond acceptors (Lipinski definition) is 4. The minimum Gasteiger partial charge on any atom is -0.370 e. The van der Waals surface area contributed by atoms with E-state index in [2.05, 4.69) is 43.4 Å². The van der Waals surface area contributed by atoms with Crippen LogP contribution in [0.25, 0.3) is 0 Å². The zero-order chi connectivity index (χ0) is 12.5. The SMILES string of the molecule is CC1(C)N=C(N)NC(Cc2ccc(Br)cc2)=N1. The van der Waals surface area contributed by atoms with Crippen LogP contribution in [0.4, 0.5) is 0 Å². The summed E-state index contributed by atoms with van der Waals surface area (Å²) in [4.78, 5) is 8.72. The third-order valence-corrected chi connectivity index (χ3v) is 2.89. The number of benzene rings is 1. The maximum absolute atomic E-state index is 5.73. The van der Waals surface area contributed by atoms with Crippen molar-refractivity contribution in [2.75, 3.05) is 0 Å². The van der Waals surface area contributed by atoms with Crippen molar-refractivity contribution in [1.82, 2.24) is 5.32 Å². The molecule has 0 saturated carbocycles. The Morgan fingerprint density at radius 1 is 1.24 bits per heavy atom. The average molecular weight is 295 g/mol. The smallest absolute Gasteiger partial charge is 0.196 e. The van der Waals surface area contributed by atoms with Crippen LogP contribution >= 0.6 is 15.9 Å². The molecule has 0 aromatic heterocycles. The van der Waals surface area contributed by atoms with Crippen LogP contribution in [0.3, 0.4) is 0 Å². The van der Waals surface area contributed by atoms with E-state index in [1.165, 1.54) is 5.56 Å². The van der Waals surface area contributed by atoms with Crippen molar-refractivity contribution in [1.29, 1.82) is 0 Å². The van der Waals surface area contributed by atoms with Gasteiger partial charge in [-0.25, -0.2) is 9.98 Å². The van der Waals surface area contributed by atoms with Gasteiger partial charge in [-0.3, -0.25) is 0 Å². The number of amidine groups is 1. The molecule has 0 amide bonds. The van der Waals surface area contributed by atoms with Gasteiger partial charge in [-0.15, -0.1) is 0 Å². The summed E-state index contributed by atoms with van der Waals surface area (Å²) in [5, 5.41) is 3.00. The second-order valence-corrected chi connectivity index (χ2v) is 5.39. The molecule has 4 nitrogen and oxygen atoms in total. The van der Waals surface area contributed by atoms with E-state index in [1.54, 1.807) is 0 Å². The number of halogens is 1. The lowest BCUT2D eigenvalue weighted by atomic mass is 10.1. The second kappa shape index (κ2) is 4.49.